The van der Waals surface area contributed by atoms with E-state index in [0.29, 0.717) is 11.3 Å². The molecule has 1 aromatic rings. The van der Waals surface area contributed by atoms with Gasteiger partial charge in [0.2, 0.25) is 0 Å². The third kappa shape index (κ3) is 2.91. The Labute approximate surface area is 92.5 Å². The van der Waals surface area contributed by atoms with Crippen LogP contribution in [0, 0.1) is 10.1 Å². The average Bonchev–Trinajstić information content (AvgIpc) is 2.25. The quantitative estimate of drug-likeness (QED) is 0.444. The third-order valence-electron chi connectivity index (χ3n) is 1.93. The Morgan fingerprint density at radius 3 is 2.69 bits per heavy atom. The Bertz CT molecular complexity index is 451. The summed E-state index contributed by atoms with van der Waals surface area (Å²) in [4.78, 5) is 21.0. The first-order valence-corrected chi connectivity index (χ1v) is 4.55. The number of hydrogen-bond donors (Lipinski definition) is 0. The molecule has 0 amide bonds. The molecule has 0 aliphatic carbocycles. The SMILES string of the molecule is COc1ccc([N+](=O)[O-])c(/C=C/C(C)=O)c1. The molecule has 0 unspecified atom stereocenters. The Balaban J connectivity index is 3.20. The number of carbonyl (C=O) groups excluding carboxylic acids is 1. The standard InChI is InChI=1S/C11H11NO4/c1-8(13)3-4-9-7-10(16-2)5-6-11(9)12(14)15/h3-7H,1-2H3/b4-3+. The van der Waals surface area contributed by atoms with Crippen molar-refractivity contribution in [2.75, 3.05) is 7.11 Å². The van der Waals surface area contributed by atoms with E-state index in [4.69, 9.17) is 4.74 Å². The minimum absolute atomic E-state index is 0.0571. The lowest BCUT2D eigenvalue weighted by Crippen LogP contribution is -1.93. The van der Waals surface area contributed by atoms with Crippen molar-refractivity contribution >= 4 is 17.5 Å². The van der Waals surface area contributed by atoms with Gasteiger partial charge in [0, 0.05) is 6.07 Å². The van der Waals surface area contributed by atoms with E-state index < -0.39 is 4.92 Å². The Kier molecular flexibility index (Phi) is 3.77. The maximum atomic E-state index is 10.8. The van der Waals surface area contributed by atoms with Crippen molar-refractivity contribution in [3.05, 3.63) is 40.0 Å². The van der Waals surface area contributed by atoms with Gasteiger partial charge >= 0.3 is 0 Å². The molecule has 0 N–H and O–H groups in total. The number of methoxy groups -OCH3 is 1. The van der Waals surface area contributed by atoms with E-state index in [9.17, 15) is 14.9 Å². The van der Waals surface area contributed by atoms with Crippen LogP contribution in [-0.2, 0) is 4.79 Å². The number of carbonyl (C=O) groups is 1. The summed E-state index contributed by atoms with van der Waals surface area (Å²) in [5.74, 6) is 0.339. The van der Waals surface area contributed by atoms with Crippen LogP contribution in [0.25, 0.3) is 6.08 Å². The molecule has 5 heteroatoms. The van der Waals surface area contributed by atoms with Crippen LogP contribution in [0.15, 0.2) is 24.3 Å². The number of hydrogen-bond acceptors (Lipinski definition) is 4. The van der Waals surface area contributed by atoms with Crippen LogP contribution in [-0.4, -0.2) is 17.8 Å². The number of rotatable bonds is 4. The minimum Gasteiger partial charge on any atom is -0.497 e. The number of nitrogens with zero attached hydrogens (tertiary/aromatic N) is 1. The van der Waals surface area contributed by atoms with E-state index in [2.05, 4.69) is 0 Å². The summed E-state index contributed by atoms with van der Waals surface area (Å²) in [6, 6.07) is 4.36. The third-order valence-corrected chi connectivity index (χ3v) is 1.93. The van der Waals surface area contributed by atoms with Crippen LogP contribution in [0.5, 0.6) is 5.75 Å². The van der Waals surface area contributed by atoms with Gasteiger partial charge in [-0.15, -0.1) is 0 Å². The molecule has 84 valence electrons. The van der Waals surface area contributed by atoms with E-state index in [-0.39, 0.29) is 11.5 Å². The van der Waals surface area contributed by atoms with Gasteiger partial charge in [-0.25, -0.2) is 0 Å². The molecule has 0 saturated carbocycles. The van der Waals surface area contributed by atoms with E-state index in [0.717, 1.165) is 0 Å². The largest absolute Gasteiger partial charge is 0.497 e. The molecule has 0 heterocycles. The molecule has 0 atom stereocenters. The lowest BCUT2D eigenvalue weighted by Gasteiger charge is -2.01. The summed E-state index contributed by atoms with van der Waals surface area (Å²) < 4.78 is 4.95. The van der Waals surface area contributed by atoms with Crippen molar-refractivity contribution in [2.24, 2.45) is 0 Å². The van der Waals surface area contributed by atoms with Gasteiger partial charge in [-0.05, 0) is 31.2 Å². The Hall–Kier alpha value is -2.17. The second kappa shape index (κ2) is 5.06. The number of benzene rings is 1. The van der Waals surface area contributed by atoms with Crippen LogP contribution in [0.4, 0.5) is 5.69 Å². The van der Waals surface area contributed by atoms with Crippen LogP contribution < -0.4 is 4.74 Å². The topological polar surface area (TPSA) is 69.4 Å². The van der Waals surface area contributed by atoms with Gasteiger partial charge in [0.15, 0.2) is 5.78 Å². The van der Waals surface area contributed by atoms with Crippen LogP contribution in [0.3, 0.4) is 0 Å². The molecule has 1 aromatic carbocycles. The highest BCUT2D eigenvalue weighted by atomic mass is 16.6. The van der Waals surface area contributed by atoms with Crippen molar-refractivity contribution in [1.82, 2.24) is 0 Å². The zero-order chi connectivity index (χ0) is 12.1. The van der Waals surface area contributed by atoms with Gasteiger partial charge in [0.05, 0.1) is 17.6 Å². The first kappa shape index (κ1) is 11.9. The molecule has 0 aromatic heterocycles. The van der Waals surface area contributed by atoms with Crippen molar-refractivity contribution in [1.29, 1.82) is 0 Å². The van der Waals surface area contributed by atoms with Gasteiger partial charge in [0.1, 0.15) is 5.75 Å². The molecule has 0 saturated heterocycles. The molecule has 0 radical (unpaired) electrons. The highest BCUT2D eigenvalue weighted by Gasteiger charge is 2.12. The van der Waals surface area contributed by atoms with Gasteiger partial charge in [0.25, 0.3) is 5.69 Å². The zero-order valence-electron chi connectivity index (χ0n) is 8.97. The first-order chi connectivity index (χ1) is 7.54. The molecule has 0 aliphatic rings. The van der Waals surface area contributed by atoms with Crippen molar-refractivity contribution < 1.29 is 14.5 Å². The summed E-state index contributed by atoms with van der Waals surface area (Å²) in [7, 11) is 1.47. The van der Waals surface area contributed by atoms with E-state index in [1.54, 1.807) is 0 Å². The lowest BCUT2D eigenvalue weighted by molar-refractivity contribution is -0.385. The predicted octanol–water partition coefficient (Wildman–Crippen LogP) is 2.21. The fourth-order valence-electron chi connectivity index (χ4n) is 1.17. The summed E-state index contributed by atoms with van der Waals surface area (Å²) in [6.45, 7) is 1.38. The summed E-state index contributed by atoms with van der Waals surface area (Å²) >= 11 is 0. The maximum absolute atomic E-state index is 10.8. The molecule has 5 nitrogen and oxygen atoms in total. The van der Waals surface area contributed by atoms with Gasteiger partial charge in [-0.2, -0.15) is 0 Å². The van der Waals surface area contributed by atoms with E-state index >= 15 is 0 Å². The molecular weight excluding hydrogens is 210 g/mol. The summed E-state index contributed by atoms with van der Waals surface area (Å²) in [6.07, 6.45) is 2.69. The lowest BCUT2D eigenvalue weighted by atomic mass is 10.1. The second-order valence-electron chi connectivity index (χ2n) is 3.13. The monoisotopic (exact) mass is 221 g/mol. The van der Waals surface area contributed by atoms with Crippen molar-refractivity contribution in [2.45, 2.75) is 6.92 Å². The Morgan fingerprint density at radius 1 is 1.50 bits per heavy atom. The van der Waals surface area contributed by atoms with Crippen LogP contribution >= 0.6 is 0 Å². The highest BCUT2D eigenvalue weighted by Crippen LogP contribution is 2.24. The number of nitro groups is 1. The Morgan fingerprint density at radius 2 is 2.19 bits per heavy atom. The van der Waals surface area contributed by atoms with Crippen molar-refractivity contribution in [3.8, 4) is 5.75 Å². The average molecular weight is 221 g/mol. The molecule has 1 rings (SSSR count). The molecule has 0 bridgehead atoms. The van der Waals surface area contributed by atoms with Gasteiger partial charge in [-0.3, -0.25) is 14.9 Å². The predicted molar refractivity (Wildman–Crippen MR) is 59.4 cm³/mol. The van der Waals surface area contributed by atoms with Crippen molar-refractivity contribution in [3.63, 3.8) is 0 Å². The first-order valence-electron chi connectivity index (χ1n) is 4.55. The summed E-state index contributed by atoms with van der Waals surface area (Å²) in [5, 5.41) is 10.7. The fraction of sp³-hybridized carbons (Fsp3) is 0.182. The smallest absolute Gasteiger partial charge is 0.276 e. The molecule has 0 fully saturated rings. The molecule has 16 heavy (non-hydrogen) atoms. The van der Waals surface area contributed by atoms with Gasteiger partial charge < -0.3 is 4.74 Å². The molecule has 0 spiro atoms. The normalized spacial score (nSPS) is 10.4. The summed E-state index contributed by atoms with van der Waals surface area (Å²) in [5.41, 5.74) is 0.290. The second-order valence-corrected chi connectivity index (χ2v) is 3.13. The minimum atomic E-state index is -0.501. The van der Waals surface area contributed by atoms with Gasteiger partial charge in [-0.1, -0.05) is 0 Å². The number of nitro benzene ring substituents is 1. The number of allylic oxidation sites excluding steroid dienone is 1. The van der Waals surface area contributed by atoms with E-state index in [1.165, 1.54) is 44.4 Å². The number of ketones is 1. The number of ether oxygens (including phenoxy) is 1. The van der Waals surface area contributed by atoms with Crippen LogP contribution in [0.2, 0.25) is 0 Å². The molecular formula is C11H11NO4. The zero-order valence-corrected chi connectivity index (χ0v) is 8.97. The highest BCUT2D eigenvalue weighted by molar-refractivity contribution is 5.92. The molecule has 0 aliphatic heterocycles. The maximum Gasteiger partial charge on any atom is 0.276 e. The fourth-order valence-corrected chi connectivity index (χ4v) is 1.17. The van der Waals surface area contributed by atoms with Crippen LogP contribution in [0.1, 0.15) is 12.5 Å². The van der Waals surface area contributed by atoms with E-state index in [1.807, 2.05) is 0 Å².